The van der Waals surface area contributed by atoms with Crippen LogP contribution in [-0.2, 0) is 29.6 Å². The van der Waals surface area contributed by atoms with Gasteiger partial charge in [0.15, 0.2) is 0 Å². The maximum atomic E-state index is 11.6. The second-order valence-corrected chi connectivity index (χ2v) is 9.73. The Morgan fingerprint density at radius 1 is 0.853 bits per heavy atom. The molecule has 0 aliphatic rings. The van der Waals surface area contributed by atoms with E-state index >= 15 is 0 Å². The molecule has 3 rings (SSSR count). The van der Waals surface area contributed by atoms with E-state index in [-0.39, 0.29) is 39.8 Å². The summed E-state index contributed by atoms with van der Waals surface area (Å²) in [6, 6.07) is 6.78. The molecule has 16 nitrogen and oxygen atoms in total. The Morgan fingerprint density at radius 3 is 2.09 bits per heavy atom. The van der Waals surface area contributed by atoms with Crippen LogP contribution >= 0.6 is 12.0 Å². The average molecular weight is 534 g/mol. The fourth-order valence-corrected chi connectivity index (χ4v) is 4.07. The number of nitrogen functional groups attached to an aromatic ring is 2. The molecule has 0 bridgehead atoms. The zero-order chi connectivity index (χ0) is 25.1. The van der Waals surface area contributed by atoms with Gasteiger partial charge in [0.25, 0.3) is 20.2 Å². The van der Waals surface area contributed by atoms with Crippen molar-refractivity contribution in [2.24, 2.45) is 0 Å². The van der Waals surface area contributed by atoms with E-state index in [1.807, 2.05) is 0 Å². The molecular weight excluding hydrogens is 518 g/mol. The molecule has 0 atom stereocenters. The molecule has 182 valence electrons. The van der Waals surface area contributed by atoms with E-state index in [1.54, 1.807) is 0 Å². The number of hydrogen-bond donors (Lipinski definition) is 7. The number of nitrogens with one attached hydrogen (secondary N) is 2. The Labute approximate surface area is 195 Å². The molecule has 0 radical (unpaired) electrons. The SMILES string of the molecule is Nc1ccc(S(=O)(=O)O)c(Nc2nc(N)nc(Nc3cc(S(=O)(=O)O)ccc3SOOO)n2)c1. The number of aromatic nitrogens is 3. The summed E-state index contributed by atoms with van der Waals surface area (Å²) in [5.74, 6) is -0.875. The fourth-order valence-electron chi connectivity index (χ4n) is 2.51. The summed E-state index contributed by atoms with van der Waals surface area (Å²) < 4.78 is 69.3. The van der Waals surface area contributed by atoms with Gasteiger partial charge in [0.2, 0.25) is 17.8 Å². The highest BCUT2D eigenvalue weighted by Crippen LogP contribution is 2.32. The predicted molar refractivity (Wildman–Crippen MR) is 118 cm³/mol. The van der Waals surface area contributed by atoms with Gasteiger partial charge >= 0.3 is 0 Å². The van der Waals surface area contributed by atoms with Crippen LogP contribution in [0.1, 0.15) is 0 Å². The number of hydrogen-bond acceptors (Lipinski definition) is 15. The molecular formula is C15H15N7O9S3. The Morgan fingerprint density at radius 2 is 1.50 bits per heavy atom. The van der Waals surface area contributed by atoms with Gasteiger partial charge in [-0.05, 0) is 36.4 Å². The van der Waals surface area contributed by atoms with E-state index in [9.17, 15) is 25.9 Å². The third-order valence-electron chi connectivity index (χ3n) is 3.83. The predicted octanol–water partition coefficient (Wildman–Crippen LogP) is 1.44. The number of rotatable bonds is 9. The molecule has 1 heterocycles. The van der Waals surface area contributed by atoms with Crippen molar-refractivity contribution in [1.82, 2.24) is 15.0 Å². The van der Waals surface area contributed by atoms with E-state index < -0.39 is 30.0 Å². The molecule has 1 aromatic heterocycles. The summed E-state index contributed by atoms with van der Waals surface area (Å²) in [5, 5.41) is 17.1. The lowest BCUT2D eigenvalue weighted by Crippen LogP contribution is -2.10. The summed E-state index contributed by atoms with van der Waals surface area (Å²) >= 11 is 0.465. The van der Waals surface area contributed by atoms with Crippen LogP contribution in [0.15, 0.2) is 51.1 Å². The first-order valence-corrected chi connectivity index (χ1v) is 12.2. The molecule has 19 heteroatoms. The third-order valence-corrected chi connectivity index (χ3v) is 6.26. The maximum absolute atomic E-state index is 11.6. The molecule has 3 aromatic rings. The van der Waals surface area contributed by atoms with E-state index in [0.717, 1.165) is 18.2 Å². The van der Waals surface area contributed by atoms with E-state index in [4.69, 9.17) is 16.7 Å². The molecule has 2 aromatic carbocycles. The Bertz CT molecular complexity index is 1440. The molecule has 0 saturated carbocycles. The van der Waals surface area contributed by atoms with Crippen LogP contribution in [0.2, 0.25) is 0 Å². The van der Waals surface area contributed by atoms with E-state index in [0.29, 0.717) is 12.0 Å². The van der Waals surface area contributed by atoms with Gasteiger partial charge in [-0.15, -0.1) is 4.33 Å². The number of nitrogens with two attached hydrogens (primary N) is 2. The molecule has 0 amide bonds. The highest BCUT2D eigenvalue weighted by Gasteiger charge is 2.19. The summed E-state index contributed by atoms with van der Waals surface area (Å²) in [4.78, 5) is 10.8. The van der Waals surface area contributed by atoms with Gasteiger partial charge < -0.3 is 22.1 Å². The van der Waals surface area contributed by atoms with Gasteiger partial charge in [0.1, 0.15) is 4.90 Å². The van der Waals surface area contributed by atoms with Crippen LogP contribution in [-0.4, -0.2) is 46.2 Å². The molecule has 0 aliphatic carbocycles. The van der Waals surface area contributed by atoms with Gasteiger partial charge in [-0.1, -0.05) is 5.04 Å². The number of anilines is 6. The Balaban J connectivity index is 2.01. The highest BCUT2D eigenvalue weighted by molar-refractivity contribution is 7.94. The minimum atomic E-state index is -4.64. The molecule has 0 aliphatic heterocycles. The second-order valence-electron chi connectivity index (χ2n) is 6.18. The van der Waals surface area contributed by atoms with E-state index in [2.05, 4.69) is 35.0 Å². The van der Waals surface area contributed by atoms with Crippen molar-refractivity contribution in [3.8, 4) is 0 Å². The van der Waals surface area contributed by atoms with Crippen molar-refractivity contribution in [1.29, 1.82) is 0 Å². The normalized spacial score (nSPS) is 11.9. The largest absolute Gasteiger partial charge is 0.399 e. The summed E-state index contributed by atoms with van der Waals surface area (Å²) in [6.07, 6.45) is 0. The average Bonchev–Trinajstić information content (AvgIpc) is 2.70. The van der Waals surface area contributed by atoms with Crippen LogP contribution in [0.5, 0.6) is 0 Å². The topological polar surface area (TPSA) is 262 Å². The molecule has 9 N–H and O–H groups in total. The standard InChI is InChI=1S/C15H15N7O9S3/c16-7-1-4-12(34(27,28)29)10(5-7)19-15-21-13(17)20-14(22-15)18-9-6-8(33(24,25)26)2-3-11(9)32-31-30-23/h1-6,23H,16H2,(H,24,25,26)(H,27,28,29)(H4,17,18,19,20,21,22). The van der Waals surface area contributed by atoms with Crippen LogP contribution in [0.3, 0.4) is 0 Å². The first kappa shape index (κ1) is 25.3. The molecule has 0 spiro atoms. The van der Waals surface area contributed by atoms with Crippen molar-refractivity contribution in [3.05, 3.63) is 36.4 Å². The van der Waals surface area contributed by atoms with Gasteiger partial charge in [-0.2, -0.15) is 31.8 Å². The van der Waals surface area contributed by atoms with Crippen molar-refractivity contribution in [3.63, 3.8) is 0 Å². The van der Waals surface area contributed by atoms with Gasteiger partial charge in [-0.3, -0.25) is 9.11 Å². The molecule has 0 saturated heterocycles. The van der Waals surface area contributed by atoms with Crippen molar-refractivity contribution in [2.45, 2.75) is 14.7 Å². The Kier molecular flexibility index (Phi) is 7.38. The lowest BCUT2D eigenvalue weighted by molar-refractivity contribution is -0.432. The highest BCUT2D eigenvalue weighted by atomic mass is 32.2. The minimum Gasteiger partial charge on any atom is -0.399 e. The molecule has 34 heavy (non-hydrogen) atoms. The van der Waals surface area contributed by atoms with Crippen molar-refractivity contribution >= 4 is 67.2 Å². The molecule has 0 unspecified atom stereocenters. The first-order valence-electron chi connectivity index (χ1n) is 8.56. The van der Waals surface area contributed by atoms with Crippen molar-refractivity contribution in [2.75, 3.05) is 22.1 Å². The van der Waals surface area contributed by atoms with Crippen LogP contribution in [0, 0.1) is 0 Å². The Hall–Kier alpha value is -3.30. The van der Waals surface area contributed by atoms with Crippen LogP contribution < -0.4 is 22.1 Å². The van der Waals surface area contributed by atoms with Crippen LogP contribution in [0.25, 0.3) is 0 Å². The molecule has 0 fully saturated rings. The monoisotopic (exact) mass is 533 g/mol. The van der Waals surface area contributed by atoms with Gasteiger partial charge in [0, 0.05) is 5.69 Å². The minimum absolute atomic E-state index is 0.0312. The quantitative estimate of drug-likeness (QED) is 0.0674. The third kappa shape index (κ3) is 6.39. The van der Waals surface area contributed by atoms with Crippen molar-refractivity contribution < 1.29 is 40.6 Å². The summed E-state index contributed by atoms with van der Waals surface area (Å²) in [6.45, 7) is 0. The fraction of sp³-hybridized carbons (Fsp3) is 0. The van der Waals surface area contributed by atoms with E-state index in [1.165, 1.54) is 18.2 Å². The second kappa shape index (κ2) is 9.90. The first-order chi connectivity index (χ1) is 15.9. The number of nitrogens with zero attached hydrogens (tertiary/aromatic N) is 3. The zero-order valence-corrected chi connectivity index (χ0v) is 18.9. The smallest absolute Gasteiger partial charge is 0.296 e. The van der Waals surface area contributed by atoms with Crippen LogP contribution in [0.4, 0.5) is 34.9 Å². The van der Waals surface area contributed by atoms with Gasteiger partial charge in [-0.25, -0.2) is 5.26 Å². The van der Waals surface area contributed by atoms with Gasteiger partial charge in [0.05, 0.1) is 33.2 Å². The zero-order valence-electron chi connectivity index (χ0n) is 16.5. The summed E-state index contributed by atoms with van der Waals surface area (Å²) in [7, 11) is -9.23. The number of benzene rings is 2. The maximum Gasteiger partial charge on any atom is 0.296 e. The summed E-state index contributed by atoms with van der Waals surface area (Å²) in [5.41, 5.74) is 11.3. The lowest BCUT2D eigenvalue weighted by atomic mass is 10.3. The lowest BCUT2D eigenvalue weighted by Gasteiger charge is -2.13.